The molecule has 11 heteroatoms. The monoisotopic (exact) mass is 501 g/mol. The third-order valence-corrected chi connectivity index (χ3v) is 7.42. The Hall–Kier alpha value is -3.31. The van der Waals surface area contributed by atoms with Crippen LogP contribution in [0.15, 0.2) is 34.1 Å². The highest BCUT2D eigenvalue weighted by molar-refractivity contribution is 8.44. The zero-order valence-electron chi connectivity index (χ0n) is 20.4. The average molecular weight is 502 g/mol. The molecule has 2 aliphatic heterocycles. The number of amides is 1. The molecule has 4 rings (SSSR count). The number of amidine groups is 1. The Kier molecular flexibility index (Phi) is 6.65. The summed E-state index contributed by atoms with van der Waals surface area (Å²) in [5.41, 5.74) is 1.34. The molecule has 1 unspecified atom stereocenters. The fourth-order valence-electron chi connectivity index (χ4n) is 3.80. The predicted molar refractivity (Wildman–Crippen MR) is 133 cm³/mol. The lowest BCUT2D eigenvalue weighted by atomic mass is 9.99. The maximum Gasteiger partial charge on any atom is 0.358 e. The van der Waals surface area contributed by atoms with Gasteiger partial charge in [-0.1, -0.05) is 10.9 Å². The van der Waals surface area contributed by atoms with Gasteiger partial charge in [0.15, 0.2) is 11.0 Å². The lowest BCUT2D eigenvalue weighted by molar-refractivity contribution is 0.0737. The van der Waals surface area contributed by atoms with Crippen molar-refractivity contribution in [3.8, 4) is 16.9 Å². The molecule has 0 radical (unpaired) electrons. The van der Waals surface area contributed by atoms with Crippen molar-refractivity contribution in [1.82, 2.24) is 20.6 Å². The number of nitrogens with zero attached hydrogens (tertiary/aromatic N) is 3. The van der Waals surface area contributed by atoms with Gasteiger partial charge in [0.1, 0.15) is 11.4 Å². The number of hydrogen-bond donors (Lipinski definition) is 3. The van der Waals surface area contributed by atoms with Gasteiger partial charge in [-0.05, 0) is 40.7 Å². The number of aromatic nitrogens is 2. The summed E-state index contributed by atoms with van der Waals surface area (Å²) in [6.07, 6.45) is 2.79. The number of halogens is 1. The molecule has 0 saturated heterocycles. The molecule has 0 spiro atoms. The highest BCUT2D eigenvalue weighted by Gasteiger charge is 2.38. The molecule has 0 aromatic carbocycles. The van der Waals surface area contributed by atoms with Gasteiger partial charge < -0.3 is 20.1 Å². The second kappa shape index (κ2) is 9.38. The Bertz CT molecular complexity index is 1290. The van der Waals surface area contributed by atoms with Crippen molar-refractivity contribution in [3.05, 3.63) is 51.8 Å². The smallest absolute Gasteiger partial charge is 0.358 e. The van der Waals surface area contributed by atoms with E-state index in [0.29, 0.717) is 24.3 Å². The third kappa shape index (κ3) is 4.92. The number of pyridine rings is 2. The van der Waals surface area contributed by atoms with E-state index in [4.69, 9.17) is 9.47 Å². The largest absolute Gasteiger partial charge is 0.494 e. The van der Waals surface area contributed by atoms with Gasteiger partial charge in [0.25, 0.3) is 5.91 Å². The zero-order valence-corrected chi connectivity index (χ0v) is 21.3. The lowest BCUT2D eigenvalue weighted by Crippen LogP contribution is -2.34. The minimum Gasteiger partial charge on any atom is -0.494 e. The summed E-state index contributed by atoms with van der Waals surface area (Å²) >= 11 is 0. The summed E-state index contributed by atoms with van der Waals surface area (Å²) in [4.78, 5) is 40.2. The van der Waals surface area contributed by atoms with E-state index < -0.39 is 33.5 Å². The van der Waals surface area contributed by atoms with Crippen molar-refractivity contribution in [1.29, 1.82) is 0 Å². The van der Waals surface area contributed by atoms with E-state index >= 15 is 4.39 Å². The maximum atomic E-state index is 15.2. The number of rotatable bonds is 3. The molecule has 1 atom stereocenters. The molecule has 0 fully saturated rings. The first-order valence-corrected chi connectivity index (χ1v) is 12.4. The van der Waals surface area contributed by atoms with Crippen LogP contribution in [0.1, 0.15) is 42.5 Å². The molecule has 0 saturated carbocycles. The molecule has 186 valence electrons. The Labute approximate surface area is 205 Å². The number of thiol groups is 1. The number of nitrogens with one attached hydrogen (secondary N) is 2. The maximum absolute atomic E-state index is 15.2. The van der Waals surface area contributed by atoms with E-state index in [0.717, 1.165) is 10.6 Å². The highest BCUT2D eigenvalue weighted by atomic mass is 32.2. The van der Waals surface area contributed by atoms with Gasteiger partial charge in [0, 0.05) is 35.4 Å². The summed E-state index contributed by atoms with van der Waals surface area (Å²) < 4.78 is 26.2. The summed E-state index contributed by atoms with van der Waals surface area (Å²) in [6.45, 7) is 9.65. The number of carbonyl (C=O) groups is 2. The molecule has 2 aromatic heterocycles. The van der Waals surface area contributed by atoms with Gasteiger partial charge in [0.2, 0.25) is 0 Å². The van der Waals surface area contributed by atoms with Crippen molar-refractivity contribution in [3.63, 3.8) is 0 Å². The van der Waals surface area contributed by atoms with E-state index in [1.807, 2.05) is 0 Å². The molecule has 0 bridgehead atoms. The number of methoxy groups -OCH3 is 1. The minimum absolute atomic E-state index is 0.114. The first-order valence-electron chi connectivity index (χ1n) is 11.0. The van der Waals surface area contributed by atoms with Gasteiger partial charge in [-0.2, -0.15) is 0 Å². The molecule has 1 amide bonds. The summed E-state index contributed by atoms with van der Waals surface area (Å²) in [6, 6.07) is 1.62. The van der Waals surface area contributed by atoms with Crippen LogP contribution >= 0.6 is 10.9 Å². The fraction of sp³-hybridized carbons (Fsp3) is 0.375. The van der Waals surface area contributed by atoms with Crippen molar-refractivity contribution in [2.75, 3.05) is 20.2 Å². The third-order valence-electron chi connectivity index (χ3n) is 5.38. The molecule has 0 aliphatic carbocycles. The second-order valence-corrected chi connectivity index (χ2v) is 11.2. The van der Waals surface area contributed by atoms with Crippen LogP contribution in [0.3, 0.4) is 0 Å². The minimum atomic E-state index is -1.64. The van der Waals surface area contributed by atoms with Crippen LogP contribution in [-0.4, -0.2) is 52.1 Å². The molecule has 2 N–H and O–H groups in total. The molecule has 35 heavy (non-hydrogen) atoms. The van der Waals surface area contributed by atoms with Crippen molar-refractivity contribution in [2.45, 2.75) is 40.2 Å². The van der Waals surface area contributed by atoms with Gasteiger partial charge in [-0.15, -0.1) is 0 Å². The molecule has 9 nitrogen and oxygen atoms in total. The number of hydrogen-bond acceptors (Lipinski definition) is 8. The SMILES string of the molecule is COc1cnc(C)c(F)c1-c1cc(C)ncc1C(=O)NC1=NC2=C(CNC2)[SH]1C(=O)OC(C)(C)C. The van der Waals surface area contributed by atoms with Crippen molar-refractivity contribution in [2.24, 2.45) is 4.99 Å². The first-order chi connectivity index (χ1) is 16.5. The van der Waals surface area contributed by atoms with Crippen LogP contribution in [-0.2, 0) is 4.74 Å². The number of aliphatic imine (C=N–C) groups is 1. The average Bonchev–Trinajstić information content (AvgIpc) is 3.34. The molecule has 2 aliphatic rings. The lowest BCUT2D eigenvalue weighted by Gasteiger charge is -2.26. The first kappa shape index (κ1) is 24.8. The van der Waals surface area contributed by atoms with Crippen molar-refractivity contribution >= 4 is 27.3 Å². The van der Waals surface area contributed by atoms with Crippen LogP contribution in [0.5, 0.6) is 5.75 Å². The second-order valence-electron chi connectivity index (χ2n) is 9.17. The number of ether oxygens (including phenoxy) is 2. The number of carbonyl (C=O) groups excluding carboxylic acids is 2. The Morgan fingerprint density at radius 3 is 2.60 bits per heavy atom. The topological polar surface area (TPSA) is 115 Å². The van der Waals surface area contributed by atoms with Gasteiger partial charge >= 0.3 is 5.30 Å². The summed E-state index contributed by atoms with van der Waals surface area (Å²) in [5, 5.41) is 5.79. The fourth-order valence-corrected chi connectivity index (χ4v) is 5.90. The van der Waals surface area contributed by atoms with Gasteiger partial charge in [-0.3, -0.25) is 14.8 Å². The molecule has 2 aromatic rings. The van der Waals surface area contributed by atoms with E-state index in [1.165, 1.54) is 26.4 Å². The Morgan fingerprint density at radius 2 is 1.91 bits per heavy atom. The normalized spacial score (nSPS) is 18.3. The Morgan fingerprint density at radius 1 is 1.17 bits per heavy atom. The summed E-state index contributed by atoms with van der Waals surface area (Å²) in [7, 11) is -0.235. The van der Waals surface area contributed by atoms with Crippen LogP contribution in [0.25, 0.3) is 11.1 Å². The van der Waals surface area contributed by atoms with E-state index in [2.05, 4.69) is 25.6 Å². The van der Waals surface area contributed by atoms with Gasteiger partial charge in [-0.25, -0.2) is 14.2 Å². The predicted octanol–water partition coefficient (Wildman–Crippen LogP) is 3.76. The molecule has 4 heterocycles. The summed E-state index contributed by atoms with van der Waals surface area (Å²) in [5.74, 6) is -0.967. The van der Waals surface area contributed by atoms with Gasteiger partial charge in [0.05, 0.1) is 35.8 Å². The van der Waals surface area contributed by atoms with Crippen LogP contribution in [0.2, 0.25) is 0 Å². The van der Waals surface area contributed by atoms with Crippen molar-refractivity contribution < 1.29 is 23.5 Å². The quantitative estimate of drug-likeness (QED) is 0.433. The van der Waals surface area contributed by atoms with Crippen LogP contribution in [0, 0.1) is 19.7 Å². The zero-order chi connectivity index (χ0) is 25.5. The standard InChI is InChI=1S/C24H28FN5O4S/c1-12-7-14(19-17(33-6)10-28-13(2)20(19)25)15(8-27-12)21(31)30-22-29-16-9-26-11-18(16)35(22)23(32)34-24(3,4)5/h7-8,10,26,35H,9,11H2,1-6H3,(H,29,30,31). The molecular formula is C24H28FN5O4S. The Balaban J connectivity index is 1.72. The van der Waals surface area contributed by atoms with E-state index in [1.54, 1.807) is 33.8 Å². The molecular weight excluding hydrogens is 473 g/mol. The van der Waals surface area contributed by atoms with Crippen LogP contribution in [0.4, 0.5) is 9.18 Å². The number of aryl methyl sites for hydroxylation is 2. The van der Waals surface area contributed by atoms with Crippen LogP contribution < -0.4 is 15.4 Å². The van der Waals surface area contributed by atoms with E-state index in [-0.39, 0.29) is 27.7 Å². The highest BCUT2D eigenvalue weighted by Crippen LogP contribution is 2.47. The van der Waals surface area contributed by atoms with E-state index in [9.17, 15) is 9.59 Å².